The summed E-state index contributed by atoms with van der Waals surface area (Å²) in [5.41, 5.74) is 0. The molecule has 1 rings (SSSR count). The van der Waals surface area contributed by atoms with Gasteiger partial charge in [0.2, 0.25) is 0 Å². The summed E-state index contributed by atoms with van der Waals surface area (Å²) >= 11 is 4.56. The lowest BCUT2D eigenvalue weighted by Gasteiger charge is -2.01. The summed E-state index contributed by atoms with van der Waals surface area (Å²) in [5.74, 6) is 0. The Balaban J connectivity index is 2.81. The van der Waals surface area contributed by atoms with Crippen molar-refractivity contribution in [3.05, 3.63) is 0 Å². The molecule has 0 amide bonds. The summed E-state index contributed by atoms with van der Waals surface area (Å²) in [5, 5.41) is 3.09. The van der Waals surface area contributed by atoms with E-state index in [2.05, 4.69) is 53.8 Å². The third-order valence-electron chi connectivity index (χ3n) is 3.13. The molecule has 0 N–H and O–H groups in total. The molecule has 0 aromatic rings. The van der Waals surface area contributed by atoms with Crippen LogP contribution in [-0.4, -0.2) is 42.6 Å². The molecule has 0 spiro atoms. The Morgan fingerprint density at radius 3 is 1.70 bits per heavy atom. The monoisotopic (exact) mass is 147 g/mol. The smallest absolute Gasteiger partial charge is 0.101 e. The van der Waals surface area contributed by atoms with E-state index in [0.29, 0.717) is 16.5 Å². The van der Waals surface area contributed by atoms with Crippen molar-refractivity contribution in [2.24, 2.45) is 4.99 Å². The lowest BCUT2D eigenvalue weighted by atomic mass is 9.49. The fourth-order valence-electron chi connectivity index (χ4n) is 1.54. The molecule has 0 heterocycles. The van der Waals surface area contributed by atoms with Gasteiger partial charge < -0.3 is 0 Å². The van der Waals surface area contributed by atoms with Crippen LogP contribution in [-0.2, 0) is 0 Å². The summed E-state index contributed by atoms with van der Waals surface area (Å²) < 4.78 is 0. The Hall–Kier alpha value is 0.0597. The molecular formula is C4H9B4NS. The molecule has 10 heavy (non-hydrogen) atoms. The molecular weight excluding hydrogens is 137 g/mol. The maximum Gasteiger partial charge on any atom is 0.101 e. The van der Waals surface area contributed by atoms with Gasteiger partial charge in [0.25, 0.3) is 0 Å². The van der Waals surface area contributed by atoms with Crippen molar-refractivity contribution in [2.45, 2.75) is 16.5 Å². The van der Waals surface area contributed by atoms with E-state index in [-0.39, 0.29) is 0 Å². The molecule has 48 valence electrons. The van der Waals surface area contributed by atoms with E-state index in [9.17, 15) is 0 Å². The first-order valence-electron chi connectivity index (χ1n) is 3.51. The second-order valence-electron chi connectivity index (χ2n) is 4.07. The van der Waals surface area contributed by atoms with Crippen molar-refractivity contribution in [3.8, 4) is 0 Å². The first-order chi connectivity index (χ1) is 4.44. The number of nitrogens with zero attached hydrogens (tertiary/aromatic N) is 1. The van der Waals surface area contributed by atoms with Crippen LogP contribution < -0.4 is 0 Å². The summed E-state index contributed by atoms with van der Waals surface area (Å²) in [6, 6.07) is 0.387. The van der Waals surface area contributed by atoms with Crippen molar-refractivity contribution in [1.29, 1.82) is 0 Å². The van der Waals surface area contributed by atoms with Gasteiger partial charge in [0.15, 0.2) is 0 Å². The fraction of sp³-hybridized carbons (Fsp3) is 0.750. The normalized spacial score (nSPS) is 26.8. The number of isothiocyanates is 1. The lowest BCUT2D eigenvalue weighted by molar-refractivity contribution is 1.04. The van der Waals surface area contributed by atoms with E-state index in [4.69, 9.17) is 0 Å². The van der Waals surface area contributed by atoms with Crippen LogP contribution in [0.2, 0.25) is 10.4 Å². The average Bonchev–Trinajstić information content (AvgIpc) is 2.13. The highest BCUT2D eigenvalue weighted by Crippen LogP contribution is 2.69. The molecule has 0 radical (unpaired) electrons. The van der Waals surface area contributed by atoms with Crippen LogP contribution in [0.25, 0.3) is 0 Å². The Morgan fingerprint density at radius 2 is 1.60 bits per heavy atom. The van der Waals surface area contributed by atoms with E-state index in [0.717, 1.165) is 0 Å². The van der Waals surface area contributed by atoms with Crippen LogP contribution in [0.5, 0.6) is 0 Å². The van der Waals surface area contributed by atoms with Gasteiger partial charge >= 0.3 is 0 Å². The maximum atomic E-state index is 4.56. The molecule has 1 nitrogen and oxygen atoms in total. The van der Waals surface area contributed by atoms with E-state index >= 15 is 0 Å². The number of aliphatic imine (C=N–C) groups is 1. The molecule has 0 saturated heterocycles. The molecule has 0 unspecified atom stereocenters. The van der Waals surface area contributed by atoms with Crippen molar-refractivity contribution in [1.82, 2.24) is 0 Å². The summed E-state index contributed by atoms with van der Waals surface area (Å²) in [7, 11) is 8.86. The Labute approximate surface area is 70.7 Å². The zero-order chi connectivity index (χ0) is 7.99. The van der Waals surface area contributed by atoms with Crippen molar-refractivity contribution in [3.63, 3.8) is 0 Å². The van der Waals surface area contributed by atoms with Gasteiger partial charge in [-0.3, -0.25) is 0 Å². The van der Waals surface area contributed by atoms with Gasteiger partial charge in [0.05, 0.1) is 5.16 Å². The van der Waals surface area contributed by atoms with E-state index < -0.39 is 0 Å². The van der Waals surface area contributed by atoms with E-state index in [1.54, 1.807) is 0 Å². The van der Waals surface area contributed by atoms with Gasteiger partial charge in [0.1, 0.15) is 31.4 Å². The zero-order valence-electron chi connectivity index (χ0n) is 6.93. The molecule has 0 bridgehead atoms. The van der Waals surface area contributed by atoms with Crippen molar-refractivity contribution in [2.75, 3.05) is 0 Å². The highest BCUT2D eigenvalue weighted by molar-refractivity contribution is 7.78. The van der Waals surface area contributed by atoms with Crippen LogP contribution in [0.1, 0.15) is 0 Å². The Bertz CT molecular complexity index is 193. The van der Waals surface area contributed by atoms with Gasteiger partial charge in [-0.25, -0.2) is 4.99 Å². The minimum Gasteiger partial charge on any atom is -0.231 e. The second-order valence-corrected chi connectivity index (χ2v) is 4.25. The van der Waals surface area contributed by atoms with Crippen LogP contribution >= 0.6 is 12.2 Å². The first kappa shape index (κ1) is 8.16. The van der Waals surface area contributed by atoms with Crippen LogP contribution in [0, 0.1) is 0 Å². The topological polar surface area (TPSA) is 12.4 Å². The minimum atomic E-state index is 0.318. The van der Waals surface area contributed by atoms with E-state index in [1.165, 1.54) is 0 Å². The van der Waals surface area contributed by atoms with Crippen LogP contribution in [0.4, 0.5) is 0 Å². The summed E-state index contributed by atoms with van der Waals surface area (Å²) in [6.07, 6.45) is 0. The summed E-state index contributed by atoms with van der Waals surface area (Å²) in [6.45, 7) is 0. The SMILES string of the molecule is BC1(B)C(N=C=S)C1(B)B. The molecule has 0 aromatic carbocycles. The standard InChI is InChI=1S/C4H9B4NS/c5-3(6)2(9-1-10)4(3,7)8/h2H,5-8H2. The molecule has 1 saturated carbocycles. The van der Waals surface area contributed by atoms with Crippen molar-refractivity contribution >= 4 is 48.8 Å². The third-order valence-corrected chi connectivity index (χ3v) is 3.23. The average molecular weight is 146 g/mol. The molecule has 0 aliphatic heterocycles. The molecule has 0 aromatic heterocycles. The predicted molar refractivity (Wildman–Crippen MR) is 58.4 cm³/mol. The van der Waals surface area contributed by atoms with Gasteiger partial charge in [-0.15, -0.1) is 0 Å². The second kappa shape index (κ2) is 2.02. The fourth-order valence-corrected chi connectivity index (χ4v) is 1.64. The minimum absolute atomic E-state index is 0.318. The summed E-state index contributed by atoms with van der Waals surface area (Å²) in [4.78, 5) is 4.11. The molecule has 1 aliphatic rings. The highest BCUT2D eigenvalue weighted by Gasteiger charge is 2.63. The van der Waals surface area contributed by atoms with Crippen LogP contribution in [0.15, 0.2) is 4.99 Å². The van der Waals surface area contributed by atoms with Gasteiger partial charge in [-0.05, 0) is 12.2 Å². The molecule has 6 heteroatoms. The number of rotatable bonds is 1. The first-order valence-corrected chi connectivity index (χ1v) is 3.92. The quantitative estimate of drug-likeness (QED) is 0.222. The van der Waals surface area contributed by atoms with Crippen LogP contribution in [0.3, 0.4) is 0 Å². The number of thiocarbonyl (C=S) groups is 1. The molecule has 0 atom stereocenters. The van der Waals surface area contributed by atoms with Gasteiger partial charge in [-0.2, -0.15) is 0 Å². The Morgan fingerprint density at radius 1 is 1.20 bits per heavy atom. The maximum absolute atomic E-state index is 4.56. The zero-order valence-corrected chi connectivity index (χ0v) is 7.75. The third kappa shape index (κ3) is 0.825. The number of hydrogen-bond acceptors (Lipinski definition) is 2. The largest absolute Gasteiger partial charge is 0.231 e. The molecule has 1 aliphatic carbocycles. The lowest BCUT2D eigenvalue weighted by Crippen LogP contribution is -2.01. The van der Waals surface area contributed by atoms with Gasteiger partial charge in [-0.1, -0.05) is 10.4 Å². The van der Waals surface area contributed by atoms with E-state index in [1.807, 2.05) is 0 Å². The molecule has 1 fully saturated rings. The van der Waals surface area contributed by atoms with Crippen molar-refractivity contribution < 1.29 is 0 Å². The van der Waals surface area contributed by atoms with Gasteiger partial charge in [0, 0.05) is 6.04 Å². The predicted octanol–water partition coefficient (Wildman–Crippen LogP) is -2.76. The highest BCUT2D eigenvalue weighted by atomic mass is 32.1. The Kier molecular flexibility index (Phi) is 1.65. The number of hydrogen-bond donors (Lipinski definition) is 0.